The molecule has 0 fully saturated rings. The largest absolute Gasteiger partial charge is 0.477 e. The third-order valence-electron chi connectivity index (χ3n) is 4.34. The highest BCUT2D eigenvalue weighted by molar-refractivity contribution is 6.31. The number of nitrogens with zero attached hydrogens (tertiary/aromatic N) is 4. The number of anilines is 1. The molecule has 0 unspecified atom stereocenters. The second-order valence-corrected chi connectivity index (χ2v) is 6.64. The van der Waals surface area contributed by atoms with Crippen molar-refractivity contribution < 1.29 is 19.1 Å². The number of benzene rings is 1. The van der Waals surface area contributed by atoms with E-state index in [1.54, 1.807) is 24.6 Å². The molecule has 0 aliphatic heterocycles. The highest BCUT2D eigenvalue weighted by Crippen LogP contribution is 2.24. The van der Waals surface area contributed by atoms with Crippen LogP contribution in [-0.4, -0.2) is 36.5 Å². The van der Waals surface area contributed by atoms with Gasteiger partial charge in [0.1, 0.15) is 5.82 Å². The number of halogens is 2. The SMILES string of the molecule is Cc1nn(Cc2ccc(F)cc2Cl)c(C)c1NC(=O)c1cnn(C)c1C(=O)O. The third-order valence-corrected chi connectivity index (χ3v) is 4.69. The molecule has 3 rings (SSSR count). The van der Waals surface area contributed by atoms with Crippen LogP contribution in [0.4, 0.5) is 10.1 Å². The van der Waals surface area contributed by atoms with E-state index in [0.29, 0.717) is 22.6 Å². The van der Waals surface area contributed by atoms with Crippen LogP contribution < -0.4 is 5.32 Å². The van der Waals surface area contributed by atoms with Crippen LogP contribution in [0, 0.1) is 19.7 Å². The van der Waals surface area contributed by atoms with Crippen molar-refractivity contribution in [2.75, 3.05) is 5.32 Å². The highest BCUT2D eigenvalue weighted by atomic mass is 35.5. The van der Waals surface area contributed by atoms with Crippen molar-refractivity contribution in [3.8, 4) is 0 Å². The molecule has 2 N–H and O–H groups in total. The van der Waals surface area contributed by atoms with E-state index in [0.717, 1.165) is 4.68 Å². The zero-order valence-corrected chi connectivity index (χ0v) is 16.1. The molecule has 3 aromatic rings. The molecule has 0 radical (unpaired) electrons. The van der Waals surface area contributed by atoms with Crippen LogP contribution >= 0.6 is 11.6 Å². The zero-order chi connectivity index (χ0) is 20.6. The molecular weight excluding hydrogens is 389 g/mol. The van der Waals surface area contributed by atoms with E-state index in [-0.39, 0.29) is 22.8 Å². The first-order valence-electron chi connectivity index (χ1n) is 8.23. The fraction of sp³-hybridized carbons (Fsp3) is 0.222. The lowest BCUT2D eigenvalue weighted by Crippen LogP contribution is -2.18. The Hall–Kier alpha value is -3.20. The van der Waals surface area contributed by atoms with Crippen LogP contribution in [0.25, 0.3) is 0 Å². The fourth-order valence-corrected chi connectivity index (χ4v) is 3.11. The Bertz CT molecular complexity index is 1090. The molecule has 8 nitrogen and oxygen atoms in total. The number of amides is 1. The average Bonchev–Trinajstić information content (AvgIpc) is 3.12. The number of carboxylic acids is 1. The summed E-state index contributed by atoms with van der Waals surface area (Å²) in [6, 6.07) is 4.10. The van der Waals surface area contributed by atoms with E-state index in [1.165, 1.54) is 25.4 Å². The molecule has 2 aromatic heterocycles. The summed E-state index contributed by atoms with van der Waals surface area (Å²) in [6.45, 7) is 3.76. The van der Waals surface area contributed by atoms with E-state index < -0.39 is 17.7 Å². The number of aromatic nitrogens is 4. The van der Waals surface area contributed by atoms with Gasteiger partial charge in [-0.1, -0.05) is 17.7 Å². The van der Waals surface area contributed by atoms with E-state index >= 15 is 0 Å². The average molecular weight is 406 g/mol. The molecule has 0 atom stereocenters. The monoisotopic (exact) mass is 405 g/mol. The summed E-state index contributed by atoms with van der Waals surface area (Å²) < 4.78 is 16.0. The summed E-state index contributed by atoms with van der Waals surface area (Å²) >= 11 is 6.08. The molecule has 0 saturated heterocycles. The van der Waals surface area contributed by atoms with Crippen LogP contribution in [0.1, 0.15) is 37.8 Å². The molecule has 0 spiro atoms. The number of aryl methyl sites for hydroxylation is 2. The molecule has 0 saturated carbocycles. The van der Waals surface area contributed by atoms with Gasteiger partial charge in [0.25, 0.3) is 5.91 Å². The number of carboxylic acid groups (broad SMARTS) is 1. The van der Waals surface area contributed by atoms with Gasteiger partial charge in [-0.2, -0.15) is 10.2 Å². The minimum atomic E-state index is -1.25. The number of hydrogen-bond donors (Lipinski definition) is 2. The van der Waals surface area contributed by atoms with Gasteiger partial charge >= 0.3 is 5.97 Å². The van der Waals surface area contributed by atoms with Crippen LogP contribution in [0.2, 0.25) is 5.02 Å². The molecule has 0 bridgehead atoms. The van der Waals surface area contributed by atoms with Gasteiger partial charge in [0.15, 0.2) is 5.69 Å². The number of aromatic carboxylic acids is 1. The summed E-state index contributed by atoms with van der Waals surface area (Å²) in [7, 11) is 1.45. The lowest BCUT2D eigenvalue weighted by Gasteiger charge is -2.08. The van der Waals surface area contributed by atoms with Crippen molar-refractivity contribution in [1.82, 2.24) is 19.6 Å². The summed E-state index contributed by atoms with van der Waals surface area (Å²) in [6.07, 6.45) is 1.20. The summed E-state index contributed by atoms with van der Waals surface area (Å²) in [4.78, 5) is 23.9. The van der Waals surface area contributed by atoms with E-state index in [4.69, 9.17) is 11.6 Å². The molecule has 10 heteroatoms. The second kappa shape index (κ2) is 7.43. The van der Waals surface area contributed by atoms with E-state index in [9.17, 15) is 19.1 Å². The first-order chi connectivity index (χ1) is 13.2. The van der Waals surface area contributed by atoms with Gasteiger partial charge in [0.2, 0.25) is 0 Å². The Labute approximate surface area is 164 Å². The van der Waals surface area contributed by atoms with Gasteiger partial charge in [-0.15, -0.1) is 0 Å². The van der Waals surface area contributed by atoms with E-state index in [2.05, 4.69) is 15.5 Å². The Balaban J connectivity index is 1.88. The van der Waals surface area contributed by atoms with Crippen molar-refractivity contribution in [1.29, 1.82) is 0 Å². The zero-order valence-electron chi connectivity index (χ0n) is 15.3. The molecule has 28 heavy (non-hydrogen) atoms. The van der Waals surface area contributed by atoms with E-state index in [1.807, 2.05) is 0 Å². The van der Waals surface area contributed by atoms with Crippen molar-refractivity contribution in [3.63, 3.8) is 0 Å². The van der Waals surface area contributed by atoms with Crippen molar-refractivity contribution in [2.45, 2.75) is 20.4 Å². The maximum atomic E-state index is 13.2. The molecular formula is C18H17ClFN5O3. The quantitative estimate of drug-likeness (QED) is 0.679. The number of carbonyl (C=O) groups is 2. The molecule has 1 amide bonds. The predicted octanol–water partition coefficient (Wildman–Crippen LogP) is 3.02. The Kier molecular flexibility index (Phi) is 5.19. The van der Waals surface area contributed by atoms with Gasteiger partial charge in [0, 0.05) is 12.1 Å². The van der Waals surface area contributed by atoms with Crippen LogP contribution in [0.15, 0.2) is 24.4 Å². The van der Waals surface area contributed by atoms with Gasteiger partial charge in [-0.05, 0) is 31.5 Å². The summed E-state index contributed by atoms with van der Waals surface area (Å²) in [5.74, 6) is -2.28. The maximum absolute atomic E-state index is 13.2. The van der Waals surface area contributed by atoms with Gasteiger partial charge in [0.05, 0.1) is 35.4 Å². The summed E-state index contributed by atoms with van der Waals surface area (Å²) in [5, 5.41) is 20.5. The smallest absolute Gasteiger partial charge is 0.354 e. The Morgan fingerprint density at radius 1 is 1.32 bits per heavy atom. The highest BCUT2D eigenvalue weighted by Gasteiger charge is 2.23. The topological polar surface area (TPSA) is 102 Å². The number of nitrogens with one attached hydrogen (secondary N) is 1. The fourth-order valence-electron chi connectivity index (χ4n) is 2.88. The van der Waals surface area contributed by atoms with Gasteiger partial charge in [-0.3, -0.25) is 14.2 Å². The number of hydrogen-bond acceptors (Lipinski definition) is 4. The number of carbonyl (C=O) groups excluding carboxylic acids is 1. The predicted molar refractivity (Wildman–Crippen MR) is 100 cm³/mol. The first-order valence-corrected chi connectivity index (χ1v) is 8.61. The molecule has 146 valence electrons. The molecule has 1 aromatic carbocycles. The van der Waals surface area contributed by atoms with Crippen molar-refractivity contribution >= 4 is 29.2 Å². The third kappa shape index (κ3) is 3.61. The summed E-state index contributed by atoms with van der Waals surface area (Å²) in [5.41, 5.74) is 2.06. The molecule has 0 aliphatic rings. The minimum absolute atomic E-state index is 0.0527. The van der Waals surface area contributed by atoms with Gasteiger partial charge in [-0.25, -0.2) is 9.18 Å². The minimum Gasteiger partial charge on any atom is -0.477 e. The Morgan fingerprint density at radius 3 is 2.68 bits per heavy atom. The van der Waals surface area contributed by atoms with Crippen molar-refractivity contribution in [2.24, 2.45) is 7.05 Å². The van der Waals surface area contributed by atoms with Gasteiger partial charge < -0.3 is 10.4 Å². The molecule has 2 heterocycles. The lowest BCUT2D eigenvalue weighted by molar-refractivity contribution is 0.0680. The second-order valence-electron chi connectivity index (χ2n) is 6.23. The van der Waals surface area contributed by atoms with Crippen molar-refractivity contribution in [3.05, 3.63) is 63.4 Å². The molecule has 0 aliphatic carbocycles. The van der Waals surface area contributed by atoms with Crippen LogP contribution in [0.3, 0.4) is 0 Å². The first kappa shape index (κ1) is 19.6. The lowest BCUT2D eigenvalue weighted by atomic mass is 10.2. The van der Waals surface area contributed by atoms with Crippen LogP contribution in [0.5, 0.6) is 0 Å². The number of rotatable bonds is 5. The normalized spacial score (nSPS) is 10.9. The Morgan fingerprint density at radius 2 is 2.04 bits per heavy atom. The maximum Gasteiger partial charge on any atom is 0.354 e. The standard InChI is InChI=1S/C18H17ClFN5O3/c1-9-15(22-17(26)13-7-21-24(3)16(13)18(27)28)10(2)25(23-9)8-11-4-5-12(20)6-14(11)19/h4-7H,8H2,1-3H3,(H,22,26)(H,27,28). The van der Waals surface area contributed by atoms with Crippen LogP contribution in [-0.2, 0) is 13.6 Å².